The molecule has 1 aromatic heterocycles. The maximum absolute atomic E-state index is 4.41. The van der Waals surface area contributed by atoms with E-state index in [1.54, 1.807) is 0 Å². The Morgan fingerprint density at radius 1 is 1.38 bits per heavy atom. The van der Waals surface area contributed by atoms with Crippen LogP contribution in [0.5, 0.6) is 0 Å². The first kappa shape index (κ1) is 12.2. The molecule has 16 heavy (non-hydrogen) atoms. The van der Waals surface area contributed by atoms with Gasteiger partial charge in [0.1, 0.15) is 5.82 Å². The molecule has 0 amide bonds. The maximum atomic E-state index is 4.41. The van der Waals surface area contributed by atoms with Gasteiger partial charge in [0.2, 0.25) is 0 Å². The van der Waals surface area contributed by atoms with E-state index in [9.17, 15) is 0 Å². The van der Waals surface area contributed by atoms with Gasteiger partial charge in [0.05, 0.1) is 0 Å². The zero-order valence-corrected chi connectivity index (χ0v) is 11.7. The quantitative estimate of drug-likeness (QED) is 0.771. The highest BCUT2D eigenvalue weighted by Crippen LogP contribution is 2.41. The minimum Gasteiger partial charge on any atom is -0.338 e. The monoisotopic (exact) mass is 284 g/mol. The third kappa shape index (κ3) is 2.68. The number of halogens is 1. The van der Waals surface area contributed by atoms with Crippen LogP contribution in [-0.2, 0) is 13.5 Å². The zero-order chi connectivity index (χ0) is 11.4. The molecular weight excluding hydrogens is 264 g/mol. The smallest absolute Gasteiger partial charge is 0.108 e. The standard InChI is InChI=1S/C13H21BrN2/c1-16-10-9-15-12(16)5-8-13(11-14)6-3-2-4-7-13/h9-10H,2-8,11H2,1H3. The molecule has 0 atom stereocenters. The number of alkyl halides is 1. The van der Waals surface area contributed by atoms with E-state index >= 15 is 0 Å². The predicted molar refractivity (Wildman–Crippen MR) is 70.8 cm³/mol. The fourth-order valence-corrected chi connectivity index (χ4v) is 3.61. The minimum atomic E-state index is 0.546. The Hall–Kier alpha value is -0.310. The Labute approximate surface area is 107 Å². The molecule has 1 aromatic rings. The Balaban J connectivity index is 1.94. The fourth-order valence-electron chi connectivity index (χ4n) is 2.77. The molecule has 0 radical (unpaired) electrons. The summed E-state index contributed by atoms with van der Waals surface area (Å²) in [6, 6.07) is 0. The van der Waals surface area contributed by atoms with Crippen LogP contribution in [0.4, 0.5) is 0 Å². The van der Waals surface area contributed by atoms with E-state index in [2.05, 4.69) is 32.5 Å². The van der Waals surface area contributed by atoms with Gasteiger partial charge in [0.15, 0.2) is 0 Å². The van der Waals surface area contributed by atoms with Gasteiger partial charge in [-0.1, -0.05) is 35.2 Å². The van der Waals surface area contributed by atoms with E-state index in [0.717, 1.165) is 11.8 Å². The highest BCUT2D eigenvalue weighted by molar-refractivity contribution is 9.09. The minimum absolute atomic E-state index is 0.546. The van der Waals surface area contributed by atoms with Crippen LogP contribution < -0.4 is 0 Å². The molecular formula is C13H21BrN2. The van der Waals surface area contributed by atoms with Gasteiger partial charge < -0.3 is 4.57 Å². The van der Waals surface area contributed by atoms with E-state index in [4.69, 9.17) is 0 Å². The molecule has 0 bridgehead atoms. The first-order valence-electron chi connectivity index (χ1n) is 6.28. The molecule has 0 spiro atoms. The first-order chi connectivity index (χ1) is 7.76. The number of hydrogen-bond acceptors (Lipinski definition) is 1. The van der Waals surface area contributed by atoms with E-state index in [1.807, 2.05) is 12.4 Å². The van der Waals surface area contributed by atoms with Gasteiger partial charge in [-0.2, -0.15) is 0 Å². The van der Waals surface area contributed by atoms with Gasteiger partial charge in [-0.3, -0.25) is 0 Å². The first-order valence-corrected chi connectivity index (χ1v) is 7.40. The summed E-state index contributed by atoms with van der Waals surface area (Å²) in [7, 11) is 2.09. The SMILES string of the molecule is Cn1ccnc1CCC1(CBr)CCCCC1. The van der Waals surface area contributed by atoms with Crippen molar-refractivity contribution in [1.29, 1.82) is 0 Å². The summed E-state index contributed by atoms with van der Waals surface area (Å²) in [4.78, 5) is 4.41. The van der Waals surface area contributed by atoms with Crippen LogP contribution in [0.1, 0.15) is 44.3 Å². The molecule has 1 aliphatic rings. The second kappa shape index (κ2) is 5.35. The van der Waals surface area contributed by atoms with Crippen LogP contribution in [0, 0.1) is 5.41 Å². The Morgan fingerprint density at radius 3 is 2.69 bits per heavy atom. The molecule has 0 saturated heterocycles. The van der Waals surface area contributed by atoms with Crippen molar-refractivity contribution in [3.05, 3.63) is 18.2 Å². The van der Waals surface area contributed by atoms with Crippen molar-refractivity contribution in [1.82, 2.24) is 9.55 Å². The van der Waals surface area contributed by atoms with Crippen molar-refractivity contribution >= 4 is 15.9 Å². The summed E-state index contributed by atoms with van der Waals surface area (Å²) >= 11 is 3.72. The summed E-state index contributed by atoms with van der Waals surface area (Å²) in [5, 5.41) is 1.16. The topological polar surface area (TPSA) is 17.8 Å². The predicted octanol–water partition coefficient (Wildman–Crippen LogP) is 3.70. The zero-order valence-electron chi connectivity index (χ0n) is 10.1. The molecule has 0 aliphatic heterocycles. The third-order valence-electron chi connectivity index (χ3n) is 4.00. The average Bonchev–Trinajstić information content (AvgIpc) is 2.74. The molecule has 2 rings (SSSR count). The Bertz CT molecular complexity index is 326. The Morgan fingerprint density at radius 2 is 2.12 bits per heavy atom. The molecule has 1 saturated carbocycles. The van der Waals surface area contributed by atoms with Gasteiger partial charge >= 0.3 is 0 Å². The molecule has 1 heterocycles. The van der Waals surface area contributed by atoms with Gasteiger partial charge in [-0.05, 0) is 24.7 Å². The van der Waals surface area contributed by atoms with Crippen LogP contribution in [0.15, 0.2) is 12.4 Å². The number of nitrogens with zero attached hydrogens (tertiary/aromatic N) is 2. The number of aryl methyl sites for hydroxylation is 2. The maximum Gasteiger partial charge on any atom is 0.108 e. The molecule has 0 aromatic carbocycles. The molecule has 90 valence electrons. The molecule has 1 fully saturated rings. The lowest BCUT2D eigenvalue weighted by Crippen LogP contribution is -2.27. The van der Waals surface area contributed by atoms with Crippen molar-refractivity contribution in [2.75, 3.05) is 5.33 Å². The van der Waals surface area contributed by atoms with Crippen LogP contribution in [0.3, 0.4) is 0 Å². The van der Waals surface area contributed by atoms with Crippen LogP contribution >= 0.6 is 15.9 Å². The highest BCUT2D eigenvalue weighted by Gasteiger charge is 2.30. The van der Waals surface area contributed by atoms with Crippen LogP contribution in [0.2, 0.25) is 0 Å². The number of aromatic nitrogens is 2. The van der Waals surface area contributed by atoms with E-state index < -0.39 is 0 Å². The molecule has 0 unspecified atom stereocenters. The van der Waals surface area contributed by atoms with E-state index in [-0.39, 0.29) is 0 Å². The van der Waals surface area contributed by atoms with Crippen molar-refractivity contribution < 1.29 is 0 Å². The Kier molecular flexibility index (Phi) is 4.06. The van der Waals surface area contributed by atoms with E-state index in [0.29, 0.717) is 5.41 Å². The summed E-state index contributed by atoms with van der Waals surface area (Å²) < 4.78 is 2.14. The second-order valence-electron chi connectivity index (χ2n) is 5.15. The summed E-state index contributed by atoms with van der Waals surface area (Å²) in [5.41, 5.74) is 0.546. The summed E-state index contributed by atoms with van der Waals surface area (Å²) in [6.07, 6.45) is 13.4. The lowest BCUT2D eigenvalue weighted by Gasteiger charge is -2.35. The van der Waals surface area contributed by atoms with Crippen molar-refractivity contribution in [2.45, 2.75) is 44.9 Å². The van der Waals surface area contributed by atoms with Gasteiger partial charge in [0.25, 0.3) is 0 Å². The number of hydrogen-bond donors (Lipinski definition) is 0. The van der Waals surface area contributed by atoms with Crippen molar-refractivity contribution in [3.8, 4) is 0 Å². The molecule has 1 aliphatic carbocycles. The molecule has 0 N–H and O–H groups in total. The third-order valence-corrected chi connectivity index (χ3v) is 5.19. The number of rotatable bonds is 4. The lowest BCUT2D eigenvalue weighted by atomic mass is 9.73. The van der Waals surface area contributed by atoms with Gasteiger partial charge in [-0.15, -0.1) is 0 Å². The largest absolute Gasteiger partial charge is 0.338 e. The molecule has 2 nitrogen and oxygen atoms in total. The highest BCUT2D eigenvalue weighted by atomic mass is 79.9. The lowest BCUT2D eigenvalue weighted by molar-refractivity contribution is 0.206. The normalized spacial score (nSPS) is 19.9. The van der Waals surface area contributed by atoms with Crippen molar-refractivity contribution in [3.63, 3.8) is 0 Å². The second-order valence-corrected chi connectivity index (χ2v) is 5.71. The van der Waals surface area contributed by atoms with Crippen LogP contribution in [-0.4, -0.2) is 14.9 Å². The number of imidazole rings is 1. The fraction of sp³-hybridized carbons (Fsp3) is 0.769. The summed E-state index contributed by atoms with van der Waals surface area (Å²) in [6.45, 7) is 0. The van der Waals surface area contributed by atoms with Gasteiger partial charge in [-0.25, -0.2) is 4.98 Å². The molecule has 3 heteroatoms. The van der Waals surface area contributed by atoms with E-state index in [1.165, 1.54) is 44.3 Å². The summed E-state index contributed by atoms with van der Waals surface area (Å²) in [5.74, 6) is 1.23. The van der Waals surface area contributed by atoms with Crippen molar-refractivity contribution in [2.24, 2.45) is 12.5 Å². The van der Waals surface area contributed by atoms with Gasteiger partial charge in [0, 0.05) is 31.2 Å². The average molecular weight is 285 g/mol. The van der Waals surface area contributed by atoms with Crippen LogP contribution in [0.25, 0.3) is 0 Å².